The maximum absolute atomic E-state index is 9.01. The zero-order chi connectivity index (χ0) is 14.8. The lowest BCUT2D eigenvalue weighted by atomic mass is 10.0. The predicted octanol–water partition coefficient (Wildman–Crippen LogP) is 2.95. The van der Waals surface area contributed by atoms with Crippen LogP contribution in [-0.2, 0) is 0 Å². The standard InChI is InChI=1S/C15H16ClN5/c1-11-12(9-17)8-14(16)15(19-11)20-5-2-13(3-6-20)21-7-4-18-10-21/h4,7-8,10,13H,2-3,5-6H2,1H3. The average Bonchev–Trinajstić information content (AvgIpc) is 3.04. The van der Waals surface area contributed by atoms with Crippen molar-refractivity contribution in [2.75, 3.05) is 18.0 Å². The molecule has 3 heterocycles. The lowest BCUT2D eigenvalue weighted by Gasteiger charge is -2.33. The second-order valence-electron chi connectivity index (χ2n) is 5.27. The predicted molar refractivity (Wildman–Crippen MR) is 81.4 cm³/mol. The molecule has 1 aliphatic rings. The number of nitrogens with zero attached hydrogens (tertiary/aromatic N) is 5. The number of anilines is 1. The van der Waals surface area contributed by atoms with E-state index in [1.165, 1.54) is 0 Å². The van der Waals surface area contributed by atoms with Gasteiger partial charge in [-0.2, -0.15) is 5.26 Å². The van der Waals surface area contributed by atoms with Gasteiger partial charge in [0, 0.05) is 31.5 Å². The van der Waals surface area contributed by atoms with Crippen molar-refractivity contribution >= 4 is 17.4 Å². The van der Waals surface area contributed by atoms with Crippen molar-refractivity contribution in [2.24, 2.45) is 0 Å². The molecule has 2 aromatic rings. The highest BCUT2D eigenvalue weighted by Crippen LogP contribution is 2.30. The molecule has 5 nitrogen and oxygen atoms in total. The highest BCUT2D eigenvalue weighted by atomic mass is 35.5. The third kappa shape index (κ3) is 2.72. The van der Waals surface area contributed by atoms with Crippen LogP contribution in [0, 0.1) is 18.3 Å². The van der Waals surface area contributed by atoms with Crippen LogP contribution in [0.15, 0.2) is 24.8 Å². The lowest BCUT2D eigenvalue weighted by Crippen LogP contribution is -2.35. The number of halogens is 1. The molecule has 0 saturated carbocycles. The van der Waals surface area contributed by atoms with Gasteiger partial charge in [0.25, 0.3) is 0 Å². The highest BCUT2D eigenvalue weighted by Gasteiger charge is 2.23. The summed E-state index contributed by atoms with van der Waals surface area (Å²) in [4.78, 5) is 10.8. The van der Waals surface area contributed by atoms with E-state index >= 15 is 0 Å². The fourth-order valence-electron chi connectivity index (χ4n) is 2.76. The number of imidazole rings is 1. The van der Waals surface area contributed by atoms with Crippen LogP contribution < -0.4 is 4.90 Å². The normalized spacial score (nSPS) is 16.0. The molecule has 0 N–H and O–H groups in total. The molecule has 0 amide bonds. The number of aryl methyl sites for hydroxylation is 1. The fourth-order valence-corrected chi connectivity index (χ4v) is 3.04. The molecule has 0 aliphatic carbocycles. The minimum absolute atomic E-state index is 0.488. The summed E-state index contributed by atoms with van der Waals surface area (Å²) in [5.41, 5.74) is 1.27. The van der Waals surface area contributed by atoms with Gasteiger partial charge < -0.3 is 9.47 Å². The van der Waals surface area contributed by atoms with Crippen LogP contribution in [0.25, 0.3) is 0 Å². The van der Waals surface area contributed by atoms with Crippen LogP contribution in [0.3, 0.4) is 0 Å². The Hall–Kier alpha value is -2.06. The van der Waals surface area contributed by atoms with Crippen LogP contribution in [0.5, 0.6) is 0 Å². The summed E-state index contributed by atoms with van der Waals surface area (Å²) < 4.78 is 2.16. The SMILES string of the molecule is Cc1nc(N2CCC(n3ccnc3)CC2)c(Cl)cc1C#N. The summed E-state index contributed by atoms with van der Waals surface area (Å²) in [7, 11) is 0. The second kappa shape index (κ2) is 5.74. The molecule has 108 valence electrons. The van der Waals surface area contributed by atoms with E-state index in [4.69, 9.17) is 16.9 Å². The summed E-state index contributed by atoms with van der Waals surface area (Å²) in [5.74, 6) is 0.789. The maximum Gasteiger partial charge on any atom is 0.147 e. The third-order valence-electron chi connectivity index (χ3n) is 3.98. The summed E-state index contributed by atoms with van der Waals surface area (Å²) in [5, 5.41) is 9.57. The molecule has 3 rings (SSSR count). The van der Waals surface area contributed by atoms with E-state index in [-0.39, 0.29) is 0 Å². The molecule has 0 unspecified atom stereocenters. The molecular weight excluding hydrogens is 286 g/mol. The summed E-state index contributed by atoms with van der Waals surface area (Å²) in [6.45, 7) is 3.65. The molecule has 2 aromatic heterocycles. The first-order valence-corrected chi connectivity index (χ1v) is 7.36. The van der Waals surface area contributed by atoms with Crippen molar-refractivity contribution in [1.29, 1.82) is 5.26 Å². The average molecular weight is 302 g/mol. The Morgan fingerprint density at radius 2 is 2.14 bits per heavy atom. The first kappa shape index (κ1) is 13.9. The van der Waals surface area contributed by atoms with E-state index in [1.807, 2.05) is 25.6 Å². The lowest BCUT2D eigenvalue weighted by molar-refractivity contribution is 0.394. The van der Waals surface area contributed by atoms with E-state index < -0.39 is 0 Å². The van der Waals surface area contributed by atoms with Crippen molar-refractivity contribution in [2.45, 2.75) is 25.8 Å². The zero-order valence-electron chi connectivity index (χ0n) is 11.8. The van der Waals surface area contributed by atoms with Gasteiger partial charge in [-0.05, 0) is 25.8 Å². The number of piperidine rings is 1. The van der Waals surface area contributed by atoms with Gasteiger partial charge in [-0.3, -0.25) is 0 Å². The number of nitriles is 1. The van der Waals surface area contributed by atoms with Gasteiger partial charge in [0.05, 0.1) is 22.6 Å². The molecule has 1 aliphatic heterocycles. The minimum atomic E-state index is 0.488. The Balaban J connectivity index is 1.75. The first-order chi connectivity index (χ1) is 10.2. The Kier molecular flexibility index (Phi) is 3.80. The summed E-state index contributed by atoms with van der Waals surface area (Å²) in [6.07, 6.45) is 7.77. The van der Waals surface area contributed by atoms with Crippen LogP contribution >= 0.6 is 11.6 Å². The topological polar surface area (TPSA) is 57.7 Å². The van der Waals surface area contributed by atoms with Gasteiger partial charge in [0.1, 0.15) is 11.9 Å². The summed E-state index contributed by atoms with van der Waals surface area (Å²) in [6, 6.07) is 4.31. The Labute approximate surface area is 128 Å². The number of hydrogen-bond donors (Lipinski definition) is 0. The third-order valence-corrected chi connectivity index (χ3v) is 4.26. The van der Waals surface area contributed by atoms with Gasteiger partial charge >= 0.3 is 0 Å². The van der Waals surface area contributed by atoms with Crippen LogP contribution in [0.2, 0.25) is 5.02 Å². The van der Waals surface area contributed by atoms with Crippen molar-refractivity contribution in [1.82, 2.24) is 14.5 Å². The van der Waals surface area contributed by atoms with Gasteiger partial charge in [0.15, 0.2) is 0 Å². The molecule has 1 fully saturated rings. The molecule has 21 heavy (non-hydrogen) atoms. The Morgan fingerprint density at radius 3 is 2.76 bits per heavy atom. The molecular formula is C15H16ClN5. The van der Waals surface area contributed by atoms with Crippen LogP contribution in [0.4, 0.5) is 5.82 Å². The minimum Gasteiger partial charge on any atom is -0.355 e. The maximum atomic E-state index is 9.01. The molecule has 1 saturated heterocycles. The quantitative estimate of drug-likeness (QED) is 0.855. The fraction of sp³-hybridized carbons (Fsp3) is 0.400. The smallest absolute Gasteiger partial charge is 0.147 e. The highest BCUT2D eigenvalue weighted by molar-refractivity contribution is 6.33. The molecule has 0 atom stereocenters. The van der Waals surface area contributed by atoms with Crippen molar-refractivity contribution in [3.05, 3.63) is 41.1 Å². The number of aromatic nitrogens is 3. The number of pyridine rings is 1. The van der Waals surface area contributed by atoms with Gasteiger partial charge in [-0.25, -0.2) is 9.97 Å². The molecule has 0 radical (unpaired) electrons. The second-order valence-corrected chi connectivity index (χ2v) is 5.67. The van der Waals surface area contributed by atoms with Gasteiger partial charge in [-0.1, -0.05) is 11.6 Å². The molecule has 0 spiro atoms. The Morgan fingerprint density at radius 1 is 1.38 bits per heavy atom. The van der Waals surface area contributed by atoms with Crippen molar-refractivity contribution < 1.29 is 0 Å². The number of hydrogen-bond acceptors (Lipinski definition) is 4. The molecule has 0 aromatic carbocycles. The van der Waals surface area contributed by atoms with Crippen LogP contribution in [0.1, 0.15) is 30.1 Å². The molecule has 6 heteroatoms. The largest absolute Gasteiger partial charge is 0.355 e. The number of rotatable bonds is 2. The van der Waals surface area contributed by atoms with E-state index in [9.17, 15) is 0 Å². The summed E-state index contributed by atoms with van der Waals surface area (Å²) >= 11 is 6.28. The van der Waals surface area contributed by atoms with Crippen LogP contribution in [-0.4, -0.2) is 27.6 Å². The first-order valence-electron chi connectivity index (χ1n) is 6.98. The molecule has 0 bridgehead atoms. The van der Waals surface area contributed by atoms with E-state index in [0.29, 0.717) is 16.6 Å². The zero-order valence-corrected chi connectivity index (χ0v) is 12.6. The Bertz CT molecular complexity index is 666. The van der Waals surface area contributed by atoms with Crippen molar-refractivity contribution in [3.8, 4) is 6.07 Å². The van der Waals surface area contributed by atoms with E-state index in [1.54, 1.807) is 6.07 Å². The van der Waals surface area contributed by atoms with E-state index in [2.05, 4.69) is 25.5 Å². The van der Waals surface area contributed by atoms with Gasteiger partial charge in [0.2, 0.25) is 0 Å². The van der Waals surface area contributed by atoms with Crippen molar-refractivity contribution in [3.63, 3.8) is 0 Å². The monoisotopic (exact) mass is 301 g/mol. The van der Waals surface area contributed by atoms with Gasteiger partial charge in [-0.15, -0.1) is 0 Å². The van der Waals surface area contributed by atoms with E-state index in [0.717, 1.165) is 37.4 Å².